The second-order valence-electron chi connectivity index (χ2n) is 4.88. The molecule has 1 aliphatic carbocycles. The highest BCUT2D eigenvalue weighted by atomic mass is 32.2. The highest BCUT2D eigenvalue weighted by molar-refractivity contribution is 7.88. The molecule has 1 fully saturated rings. The molecule has 2 atom stereocenters. The fourth-order valence-corrected chi connectivity index (χ4v) is 3.21. The van der Waals surface area contributed by atoms with Crippen molar-refractivity contribution >= 4 is 15.9 Å². The van der Waals surface area contributed by atoms with Gasteiger partial charge in [-0.25, -0.2) is 8.42 Å². The Labute approximate surface area is 107 Å². The zero-order valence-electron chi connectivity index (χ0n) is 10.4. The number of hydrogen-bond donors (Lipinski definition) is 1. The van der Waals surface area contributed by atoms with E-state index in [4.69, 9.17) is 5.73 Å². The molecule has 18 heavy (non-hydrogen) atoms. The molecule has 2 unspecified atom stereocenters. The molecule has 1 amide bonds. The van der Waals surface area contributed by atoms with Gasteiger partial charge < -0.3 is 10.6 Å². The maximum atomic E-state index is 12.2. The molecule has 0 bridgehead atoms. The second kappa shape index (κ2) is 4.99. The first-order valence-corrected chi connectivity index (χ1v) is 7.90. The largest absolute Gasteiger partial charge is 0.340 e. The van der Waals surface area contributed by atoms with Crippen molar-refractivity contribution in [3.05, 3.63) is 12.2 Å². The summed E-state index contributed by atoms with van der Waals surface area (Å²) in [4.78, 5) is 13.9. The molecule has 6 nitrogen and oxygen atoms in total. The van der Waals surface area contributed by atoms with Crippen LogP contribution in [0.15, 0.2) is 12.2 Å². The highest BCUT2D eigenvalue weighted by Gasteiger charge is 2.31. The van der Waals surface area contributed by atoms with Crippen LogP contribution in [0.1, 0.15) is 6.42 Å². The van der Waals surface area contributed by atoms with Crippen LogP contribution in [0.2, 0.25) is 0 Å². The van der Waals surface area contributed by atoms with Crippen LogP contribution < -0.4 is 5.73 Å². The summed E-state index contributed by atoms with van der Waals surface area (Å²) in [7, 11) is -3.14. The van der Waals surface area contributed by atoms with Gasteiger partial charge in [0.1, 0.15) is 0 Å². The number of hydrogen-bond acceptors (Lipinski definition) is 4. The van der Waals surface area contributed by atoms with Crippen molar-refractivity contribution in [2.75, 3.05) is 32.4 Å². The van der Waals surface area contributed by atoms with Crippen molar-refractivity contribution < 1.29 is 13.2 Å². The smallest absolute Gasteiger partial charge is 0.229 e. The zero-order chi connectivity index (χ0) is 13.3. The third-order valence-corrected chi connectivity index (χ3v) is 4.76. The number of nitrogens with zero attached hydrogens (tertiary/aromatic N) is 2. The average Bonchev–Trinajstić information content (AvgIpc) is 2.74. The minimum atomic E-state index is -3.14. The van der Waals surface area contributed by atoms with Crippen LogP contribution in [0.25, 0.3) is 0 Å². The van der Waals surface area contributed by atoms with Crippen molar-refractivity contribution in [1.82, 2.24) is 9.21 Å². The lowest BCUT2D eigenvalue weighted by Gasteiger charge is -2.34. The first kappa shape index (κ1) is 13.5. The van der Waals surface area contributed by atoms with E-state index in [1.807, 2.05) is 12.2 Å². The first-order chi connectivity index (χ1) is 8.38. The molecule has 1 heterocycles. The van der Waals surface area contributed by atoms with Gasteiger partial charge in [-0.05, 0) is 6.42 Å². The first-order valence-electron chi connectivity index (χ1n) is 6.06. The molecule has 2 aliphatic rings. The van der Waals surface area contributed by atoms with Crippen LogP contribution in [-0.2, 0) is 14.8 Å². The van der Waals surface area contributed by atoms with Crippen molar-refractivity contribution in [2.24, 2.45) is 11.7 Å². The van der Waals surface area contributed by atoms with E-state index in [0.717, 1.165) is 0 Å². The Hall–Kier alpha value is -0.920. The van der Waals surface area contributed by atoms with Crippen molar-refractivity contribution in [1.29, 1.82) is 0 Å². The maximum Gasteiger partial charge on any atom is 0.229 e. The minimum Gasteiger partial charge on any atom is -0.340 e. The van der Waals surface area contributed by atoms with E-state index in [2.05, 4.69) is 0 Å². The Bertz CT molecular complexity index is 452. The third-order valence-electron chi connectivity index (χ3n) is 3.45. The lowest BCUT2D eigenvalue weighted by Crippen LogP contribution is -2.51. The molecule has 2 N–H and O–H groups in total. The van der Waals surface area contributed by atoms with Crippen LogP contribution in [0.3, 0.4) is 0 Å². The number of piperazine rings is 1. The summed E-state index contributed by atoms with van der Waals surface area (Å²) in [5.41, 5.74) is 5.73. The van der Waals surface area contributed by atoms with E-state index >= 15 is 0 Å². The molecule has 2 rings (SSSR count). The lowest BCUT2D eigenvalue weighted by atomic mass is 10.1. The maximum absolute atomic E-state index is 12.2. The van der Waals surface area contributed by atoms with Crippen molar-refractivity contribution in [2.45, 2.75) is 12.5 Å². The van der Waals surface area contributed by atoms with Crippen LogP contribution in [0.5, 0.6) is 0 Å². The van der Waals surface area contributed by atoms with Gasteiger partial charge in [-0.3, -0.25) is 4.79 Å². The van der Waals surface area contributed by atoms with Crippen LogP contribution >= 0.6 is 0 Å². The van der Waals surface area contributed by atoms with Gasteiger partial charge >= 0.3 is 0 Å². The molecule has 0 aromatic carbocycles. The van der Waals surface area contributed by atoms with E-state index in [1.165, 1.54) is 10.6 Å². The van der Waals surface area contributed by atoms with Gasteiger partial charge in [0.15, 0.2) is 0 Å². The van der Waals surface area contributed by atoms with E-state index in [1.54, 1.807) is 4.90 Å². The van der Waals surface area contributed by atoms with E-state index in [-0.39, 0.29) is 17.9 Å². The summed E-state index contributed by atoms with van der Waals surface area (Å²) in [6.07, 6.45) is 5.57. The standard InChI is InChI=1S/C11H19N3O3S/c1-18(16,17)14-6-4-13(5-7-14)11(15)9-2-3-10(12)8-9/h2-3,9-10H,4-8,12H2,1H3. The van der Waals surface area contributed by atoms with Gasteiger partial charge in [0.05, 0.1) is 12.2 Å². The summed E-state index contributed by atoms with van der Waals surface area (Å²) < 4.78 is 24.1. The van der Waals surface area contributed by atoms with Crippen molar-refractivity contribution in [3.63, 3.8) is 0 Å². The number of carbonyl (C=O) groups is 1. The Balaban J connectivity index is 1.90. The second-order valence-corrected chi connectivity index (χ2v) is 6.86. The van der Waals surface area contributed by atoms with E-state index < -0.39 is 10.0 Å². The minimum absolute atomic E-state index is 0.0312. The molecule has 0 spiro atoms. The summed E-state index contributed by atoms with van der Waals surface area (Å²) >= 11 is 0. The molecule has 1 aliphatic heterocycles. The number of rotatable bonds is 2. The van der Waals surface area contributed by atoms with Gasteiger partial charge in [0, 0.05) is 32.2 Å². The summed E-state index contributed by atoms with van der Waals surface area (Å²) in [5.74, 6) is -0.0721. The normalized spacial score (nSPS) is 29.8. The van der Waals surface area contributed by atoms with Gasteiger partial charge in [0.2, 0.25) is 15.9 Å². The summed E-state index contributed by atoms with van der Waals surface area (Å²) in [6.45, 7) is 1.69. The Morgan fingerprint density at radius 1 is 1.22 bits per heavy atom. The van der Waals surface area contributed by atoms with E-state index in [9.17, 15) is 13.2 Å². The Morgan fingerprint density at radius 3 is 2.28 bits per heavy atom. The quantitative estimate of drug-likeness (QED) is 0.654. The molecular formula is C11H19N3O3S. The lowest BCUT2D eigenvalue weighted by molar-refractivity contribution is -0.135. The monoisotopic (exact) mass is 273 g/mol. The molecule has 0 aromatic heterocycles. The van der Waals surface area contributed by atoms with Crippen molar-refractivity contribution in [3.8, 4) is 0 Å². The van der Waals surface area contributed by atoms with Gasteiger partial charge in [-0.2, -0.15) is 4.31 Å². The SMILES string of the molecule is CS(=O)(=O)N1CCN(C(=O)C2C=CC(N)C2)CC1. The highest BCUT2D eigenvalue weighted by Crippen LogP contribution is 2.20. The third kappa shape index (κ3) is 2.90. The topological polar surface area (TPSA) is 83.7 Å². The molecule has 0 radical (unpaired) electrons. The predicted octanol–water partition coefficient (Wildman–Crippen LogP) is -1.01. The fourth-order valence-electron chi connectivity index (χ4n) is 2.38. The van der Waals surface area contributed by atoms with Crippen LogP contribution in [0.4, 0.5) is 0 Å². The van der Waals surface area contributed by atoms with Gasteiger partial charge in [0.25, 0.3) is 0 Å². The molecule has 7 heteroatoms. The summed E-state index contributed by atoms with van der Waals surface area (Å²) in [5, 5.41) is 0. The fraction of sp³-hybridized carbons (Fsp3) is 0.727. The molecule has 102 valence electrons. The average molecular weight is 273 g/mol. The predicted molar refractivity (Wildman–Crippen MR) is 68.2 cm³/mol. The van der Waals surface area contributed by atoms with E-state index in [0.29, 0.717) is 32.6 Å². The molecule has 0 saturated carbocycles. The zero-order valence-corrected chi connectivity index (χ0v) is 11.3. The molecular weight excluding hydrogens is 254 g/mol. The number of nitrogens with two attached hydrogens (primary N) is 1. The molecule has 0 aromatic rings. The Kier molecular flexibility index (Phi) is 3.74. The number of amides is 1. The van der Waals surface area contributed by atoms with Crippen LogP contribution in [0, 0.1) is 5.92 Å². The Morgan fingerprint density at radius 2 is 1.83 bits per heavy atom. The number of carbonyl (C=O) groups excluding carboxylic acids is 1. The summed E-state index contributed by atoms with van der Waals surface area (Å²) in [6, 6.07) is -0.0312. The van der Waals surface area contributed by atoms with Crippen LogP contribution in [-0.4, -0.2) is 62.0 Å². The number of sulfonamides is 1. The van der Waals surface area contributed by atoms with Gasteiger partial charge in [-0.1, -0.05) is 12.2 Å². The molecule has 1 saturated heterocycles. The van der Waals surface area contributed by atoms with Gasteiger partial charge in [-0.15, -0.1) is 0 Å².